The summed E-state index contributed by atoms with van der Waals surface area (Å²) < 4.78 is 64.5. The van der Waals surface area contributed by atoms with Crippen LogP contribution in [-0.2, 0) is 11.5 Å². The molecule has 0 spiro atoms. The molecule has 9 heteroatoms. The van der Waals surface area contributed by atoms with Gasteiger partial charge in [0.25, 0.3) is 0 Å². The van der Waals surface area contributed by atoms with Crippen LogP contribution < -0.4 is 0 Å². The summed E-state index contributed by atoms with van der Waals surface area (Å²) in [6, 6.07) is 0. The lowest BCUT2D eigenvalue weighted by Crippen LogP contribution is -2.38. The van der Waals surface area contributed by atoms with Crippen LogP contribution in [-0.4, -0.2) is 28.1 Å². The van der Waals surface area contributed by atoms with Crippen LogP contribution in [0.1, 0.15) is 47.4 Å². The van der Waals surface area contributed by atoms with Gasteiger partial charge in [0.15, 0.2) is 5.69 Å². The van der Waals surface area contributed by atoms with Crippen molar-refractivity contribution in [2.75, 3.05) is 0 Å². The van der Waals surface area contributed by atoms with E-state index in [1.807, 2.05) is 0 Å². The first-order valence-corrected chi connectivity index (χ1v) is 6.72. The monoisotopic (exact) mass is 326 g/mol. The molecule has 1 saturated carbocycles. The van der Waals surface area contributed by atoms with E-state index in [2.05, 4.69) is 10.0 Å². The Morgan fingerprint density at radius 2 is 2.05 bits per heavy atom. The van der Waals surface area contributed by atoms with Crippen molar-refractivity contribution in [1.82, 2.24) is 9.78 Å². The van der Waals surface area contributed by atoms with Crippen molar-refractivity contribution in [3.8, 4) is 0 Å². The normalized spacial score (nSPS) is 19.1. The van der Waals surface area contributed by atoms with Crippen molar-refractivity contribution in [2.24, 2.45) is 5.92 Å². The van der Waals surface area contributed by atoms with E-state index in [9.17, 15) is 26.9 Å². The standard InChI is InChI=1S/C13H15F5N2O2/c1-6-9(7(2)11(14)15)19-20(10(6)12(21)22-18)5-8-3-13(16,17)4-8/h7-8,11H,3-5H2,1-2H3. The lowest BCUT2D eigenvalue weighted by molar-refractivity contribution is -0.115. The Morgan fingerprint density at radius 1 is 1.45 bits per heavy atom. The highest BCUT2D eigenvalue weighted by molar-refractivity contribution is 5.89. The topological polar surface area (TPSA) is 44.1 Å². The fraction of sp³-hybridized carbons (Fsp3) is 0.692. The molecule has 0 aromatic carbocycles. The molecule has 0 radical (unpaired) electrons. The Balaban J connectivity index is 2.31. The summed E-state index contributed by atoms with van der Waals surface area (Å²) in [5, 5.41) is 3.89. The third-order valence-electron chi connectivity index (χ3n) is 3.90. The molecule has 0 aliphatic heterocycles. The Morgan fingerprint density at radius 3 is 2.50 bits per heavy atom. The molecule has 124 valence electrons. The van der Waals surface area contributed by atoms with Crippen molar-refractivity contribution in [3.63, 3.8) is 0 Å². The molecule has 1 aliphatic carbocycles. The molecule has 0 bridgehead atoms. The molecule has 1 fully saturated rings. The Hall–Kier alpha value is -1.67. The van der Waals surface area contributed by atoms with Gasteiger partial charge in [0.1, 0.15) is 0 Å². The number of rotatable bonds is 5. The first-order valence-electron chi connectivity index (χ1n) is 6.72. The number of hydrogen-bond acceptors (Lipinski definition) is 3. The number of carbonyl (C=O) groups excluding carboxylic acids is 1. The second-order valence-electron chi connectivity index (χ2n) is 5.66. The molecule has 0 saturated heterocycles. The van der Waals surface area contributed by atoms with Gasteiger partial charge in [0.05, 0.1) is 11.6 Å². The molecule has 4 nitrogen and oxygen atoms in total. The highest BCUT2D eigenvalue weighted by atomic mass is 19.3. The Bertz CT molecular complexity index is 565. The van der Waals surface area contributed by atoms with Gasteiger partial charge in [-0.1, -0.05) is 6.92 Å². The van der Waals surface area contributed by atoms with Crippen LogP contribution in [0.5, 0.6) is 0 Å². The van der Waals surface area contributed by atoms with Gasteiger partial charge in [-0.05, 0) is 12.8 Å². The van der Waals surface area contributed by atoms with Crippen LogP contribution in [0.25, 0.3) is 0 Å². The van der Waals surface area contributed by atoms with Crippen LogP contribution >= 0.6 is 0 Å². The fourth-order valence-corrected chi connectivity index (χ4v) is 2.71. The van der Waals surface area contributed by atoms with Crippen LogP contribution in [0, 0.1) is 12.8 Å². The summed E-state index contributed by atoms with van der Waals surface area (Å²) in [7, 11) is 0. The molecular weight excluding hydrogens is 311 g/mol. The quantitative estimate of drug-likeness (QED) is 0.776. The lowest BCUT2D eigenvalue weighted by atomic mass is 9.81. The van der Waals surface area contributed by atoms with E-state index in [1.54, 1.807) is 0 Å². The number of carbonyl (C=O) groups is 1. The van der Waals surface area contributed by atoms with Crippen LogP contribution in [0.3, 0.4) is 0 Å². The van der Waals surface area contributed by atoms with Crippen molar-refractivity contribution in [2.45, 2.75) is 51.5 Å². The van der Waals surface area contributed by atoms with E-state index in [1.165, 1.54) is 13.8 Å². The predicted molar refractivity (Wildman–Crippen MR) is 65.6 cm³/mol. The second-order valence-corrected chi connectivity index (χ2v) is 5.66. The van der Waals surface area contributed by atoms with Gasteiger partial charge >= 0.3 is 5.97 Å². The summed E-state index contributed by atoms with van der Waals surface area (Å²) in [5.41, 5.74) is -0.316. The highest BCUT2D eigenvalue weighted by Gasteiger charge is 2.46. The SMILES string of the molecule is Cc1c(C(C)C(F)F)nn(CC2CC(F)(F)C2)c1C(=O)OF. The first-order chi connectivity index (χ1) is 10.2. The van der Waals surface area contributed by atoms with E-state index in [0.29, 0.717) is 0 Å². The largest absolute Gasteiger partial charge is 0.397 e. The Kier molecular flexibility index (Phi) is 4.44. The number of hydrogen-bond donors (Lipinski definition) is 0. The molecule has 1 unspecified atom stereocenters. The van der Waals surface area contributed by atoms with Crippen molar-refractivity contribution in [3.05, 3.63) is 17.0 Å². The van der Waals surface area contributed by atoms with Crippen LogP contribution in [0.2, 0.25) is 0 Å². The molecular formula is C13H15F5N2O2. The van der Waals surface area contributed by atoms with Gasteiger partial charge in [-0.15, -0.1) is 0 Å². The molecule has 0 amide bonds. The second kappa shape index (κ2) is 5.85. The van der Waals surface area contributed by atoms with Gasteiger partial charge in [-0.25, -0.2) is 27.3 Å². The lowest BCUT2D eigenvalue weighted by Gasteiger charge is -2.34. The smallest absolute Gasteiger partial charge is 0.257 e. The molecule has 22 heavy (non-hydrogen) atoms. The van der Waals surface area contributed by atoms with Gasteiger partial charge in [-0.3, -0.25) is 4.68 Å². The van der Waals surface area contributed by atoms with E-state index >= 15 is 0 Å². The summed E-state index contributed by atoms with van der Waals surface area (Å²) in [4.78, 5) is 14.6. The molecule has 1 atom stereocenters. The van der Waals surface area contributed by atoms with Gasteiger partial charge < -0.3 is 0 Å². The molecule has 1 aliphatic rings. The average molecular weight is 326 g/mol. The third-order valence-corrected chi connectivity index (χ3v) is 3.90. The fourth-order valence-electron chi connectivity index (χ4n) is 2.71. The first kappa shape index (κ1) is 16.7. The minimum atomic E-state index is -2.76. The zero-order chi connectivity index (χ0) is 16.7. The van der Waals surface area contributed by atoms with E-state index in [4.69, 9.17) is 0 Å². The maximum Gasteiger partial charge on any atom is 0.397 e. The molecule has 2 rings (SSSR count). The summed E-state index contributed by atoms with van der Waals surface area (Å²) in [6.45, 7) is 2.49. The highest BCUT2D eigenvalue weighted by Crippen LogP contribution is 2.43. The number of nitrogens with zero attached hydrogens (tertiary/aromatic N) is 2. The van der Waals surface area contributed by atoms with Crippen molar-refractivity contribution >= 4 is 5.97 Å². The van der Waals surface area contributed by atoms with Gasteiger partial charge in [-0.2, -0.15) is 5.10 Å². The van der Waals surface area contributed by atoms with Crippen molar-refractivity contribution < 1.29 is 31.8 Å². The minimum absolute atomic E-state index is 0.0681. The Labute approximate surface area is 123 Å². The van der Waals surface area contributed by atoms with Crippen LogP contribution in [0.15, 0.2) is 0 Å². The van der Waals surface area contributed by atoms with E-state index in [0.717, 1.165) is 4.68 Å². The van der Waals surface area contributed by atoms with Gasteiger partial charge in [0.2, 0.25) is 12.3 Å². The number of halogens is 5. The molecule has 0 N–H and O–H groups in total. The van der Waals surface area contributed by atoms with E-state index < -0.39 is 30.2 Å². The zero-order valence-electron chi connectivity index (χ0n) is 12.0. The predicted octanol–water partition coefficient (Wildman–Crippen LogP) is 3.65. The summed E-state index contributed by atoms with van der Waals surface area (Å²) >= 11 is 0. The zero-order valence-corrected chi connectivity index (χ0v) is 12.0. The van der Waals surface area contributed by atoms with Gasteiger partial charge in [0, 0.05) is 29.5 Å². The molecule has 1 aromatic heterocycles. The molecule has 1 heterocycles. The minimum Gasteiger partial charge on any atom is -0.257 e. The molecule has 1 aromatic rings. The van der Waals surface area contributed by atoms with Crippen LogP contribution in [0.4, 0.5) is 22.1 Å². The number of alkyl halides is 4. The van der Waals surface area contributed by atoms with E-state index in [-0.39, 0.29) is 36.3 Å². The number of aromatic nitrogens is 2. The summed E-state index contributed by atoms with van der Waals surface area (Å²) in [5.74, 6) is -5.85. The third kappa shape index (κ3) is 3.07. The summed E-state index contributed by atoms with van der Waals surface area (Å²) in [6.07, 6.45) is -3.48. The van der Waals surface area contributed by atoms with Crippen molar-refractivity contribution in [1.29, 1.82) is 0 Å². The average Bonchev–Trinajstić information content (AvgIpc) is 2.71. The maximum atomic E-state index is 12.9. The maximum absolute atomic E-state index is 12.9.